The molecule has 7 atom stereocenters. The van der Waals surface area contributed by atoms with Crippen molar-refractivity contribution in [1.82, 2.24) is 56.7 Å². The summed E-state index contributed by atoms with van der Waals surface area (Å²) < 4.78 is 29.8. The van der Waals surface area contributed by atoms with Gasteiger partial charge in [-0.25, -0.2) is 13.8 Å². The molecule has 25 heteroatoms. The molecule has 490 valence electrons. The minimum absolute atomic E-state index is 0.0499. The van der Waals surface area contributed by atoms with Crippen LogP contribution >= 0.6 is 0 Å². The second-order valence-electron chi connectivity index (χ2n) is 24.1. The summed E-state index contributed by atoms with van der Waals surface area (Å²) in [4.78, 5) is 156. The van der Waals surface area contributed by atoms with Crippen LogP contribution in [-0.4, -0.2) is 138 Å². The van der Waals surface area contributed by atoms with Crippen LogP contribution in [0, 0.1) is 17.6 Å². The number of Topliss-reactive ketones (excluding diaryl/α,β-unsaturated/α-hetero) is 2. The van der Waals surface area contributed by atoms with Gasteiger partial charge in [-0.3, -0.25) is 47.9 Å². The van der Waals surface area contributed by atoms with Crippen LogP contribution in [0.5, 0.6) is 5.75 Å². The molecule has 3 aliphatic rings. The first-order valence-corrected chi connectivity index (χ1v) is 31.5. The lowest BCUT2D eigenvalue weighted by atomic mass is 9.91. The van der Waals surface area contributed by atoms with Crippen LogP contribution in [-0.2, 0) is 86.5 Å². The topological polar surface area (TPSA) is 353 Å². The van der Waals surface area contributed by atoms with Crippen LogP contribution < -0.4 is 37.6 Å². The molecule has 0 unspecified atom stereocenters. The van der Waals surface area contributed by atoms with Gasteiger partial charge < -0.3 is 62.6 Å². The number of rotatable bonds is 15. The number of carbonyl (C=O) groups excluding carboxylic acids is 10. The lowest BCUT2D eigenvalue weighted by Gasteiger charge is -2.29. The van der Waals surface area contributed by atoms with Crippen molar-refractivity contribution in [1.29, 1.82) is 0 Å². The van der Waals surface area contributed by atoms with Gasteiger partial charge in [-0.2, -0.15) is 0 Å². The molecule has 1 fully saturated rings. The first-order chi connectivity index (χ1) is 44.7. The predicted octanol–water partition coefficient (Wildman–Crippen LogP) is 4.73. The Bertz CT molecular complexity index is 3830. The summed E-state index contributed by atoms with van der Waals surface area (Å²) in [5.74, 6) is -9.70. The Morgan fingerprint density at radius 1 is 0.677 bits per heavy atom. The number of likely N-dealkylation sites (tertiary alicyclic amines) is 1. The lowest BCUT2D eigenvalue weighted by Crippen LogP contribution is -2.57. The van der Waals surface area contributed by atoms with Crippen molar-refractivity contribution in [3.63, 3.8) is 0 Å². The van der Waals surface area contributed by atoms with Gasteiger partial charge in [-0.15, -0.1) is 0 Å². The van der Waals surface area contributed by atoms with E-state index in [0.717, 1.165) is 17.5 Å². The van der Waals surface area contributed by atoms with E-state index < -0.39 is 126 Å². The van der Waals surface area contributed by atoms with Crippen molar-refractivity contribution in [3.05, 3.63) is 155 Å². The van der Waals surface area contributed by atoms with E-state index in [-0.39, 0.29) is 63.3 Å². The molecule has 12 N–H and O–H groups in total. The quantitative estimate of drug-likeness (QED) is 0.0621. The summed E-state index contributed by atoms with van der Waals surface area (Å²) in [7, 11) is 0. The monoisotopic (exact) mass is 1280 g/mol. The average Bonchev–Trinajstić information content (AvgIpc) is 1.78. The number of aromatic hydroxyl groups is 1. The number of phenols is 1. The zero-order valence-corrected chi connectivity index (χ0v) is 51.6. The number of nitrogens with two attached hydrogens (primary N) is 1. The van der Waals surface area contributed by atoms with E-state index in [1.807, 2.05) is 24.3 Å². The molecule has 0 saturated carbocycles. The maximum absolute atomic E-state index is 15.3. The number of H-pyrrole nitrogens is 3. The molecule has 2 bridgehead atoms. The summed E-state index contributed by atoms with van der Waals surface area (Å²) in [5.41, 5.74) is 10.5. The Kier molecular flexibility index (Phi) is 23.0. The number of amides is 8. The van der Waals surface area contributed by atoms with Crippen molar-refractivity contribution in [3.8, 4) is 5.75 Å². The molecule has 0 radical (unpaired) electrons. The number of aromatic amines is 3. The maximum atomic E-state index is 15.3. The second kappa shape index (κ2) is 31.8. The molecule has 4 aromatic carbocycles. The van der Waals surface area contributed by atoms with Crippen molar-refractivity contribution in [2.45, 2.75) is 152 Å². The molecular weight excluding hydrogens is 1200 g/mol. The highest BCUT2D eigenvalue weighted by atomic mass is 19.1. The minimum atomic E-state index is -1.70. The number of imidazole rings is 1. The van der Waals surface area contributed by atoms with Crippen LogP contribution in [0.2, 0.25) is 0 Å². The Hall–Kier alpha value is -10.1. The highest BCUT2D eigenvalue weighted by Gasteiger charge is 2.39. The van der Waals surface area contributed by atoms with E-state index in [2.05, 4.69) is 51.8 Å². The fourth-order valence-corrected chi connectivity index (χ4v) is 12.0. The summed E-state index contributed by atoms with van der Waals surface area (Å²) in [6, 6.07) is 13.8. The molecule has 10 rings (SSSR count). The number of benzene rings is 4. The van der Waals surface area contributed by atoms with Gasteiger partial charge in [0.25, 0.3) is 0 Å². The highest BCUT2D eigenvalue weighted by molar-refractivity contribution is 6.00. The number of aromatic nitrogens is 4. The molecule has 93 heavy (non-hydrogen) atoms. The molecule has 0 spiro atoms. The summed E-state index contributed by atoms with van der Waals surface area (Å²) in [6.45, 7) is 1.86. The largest absolute Gasteiger partial charge is 0.508 e. The summed E-state index contributed by atoms with van der Waals surface area (Å²) in [5, 5.41) is 27.3. The van der Waals surface area contributed by atoms with E-state index in [0.29, 0.717) is 89.1 Å². The smallest absolute Gasteiger partial charge is 0.246 e. The molecular formula is C68H78F2N12O11. The van der Waals surface area contributed by atoms with Crippen LogP contribution in [0.1, 0.15) is 111 Å². The molecule has 7 aromatic rings. The number of nitrogens with one attached hydrogen (secondary N) is 9. The second-order valence-corrected chi connectivity index (χ2v) is 24.1. The number of fused-ring (bicyclic) bond motifs is 29. The first-order valence-electron chi connectivity index (χ1n) is 31.5. The number of nitrogens with zero attached hydrogens (tertiary/aromatic N) is 2. The zero-order valence-electron chi connectivity index (χ0n) is 51.6. The van der Waals surface area contributed by atoms with Crippen molar-refractivity contribution in [2.75, 3.05) is 13.1 Å². The van der Waals surface area contributed by atoms with E-state index >= 15 is 14.4 Å². The molecule has 6 heterocycles. The third-order valence-corrected chi connectivity index (χ3v) is 17.2. The van der Waals surface area contributed by atoms with Gasteiger partial charge in [0.2, 0.25) is 47.3 Å². The van der Waals surface area contributed by atoms with Crippen LogP contribution in [0.3, 0.4) is 0 Å². The molecule has 3 aromatic heterocycles. The van der Waals surface area contributed by atoms with Gasteiger partial charge in [0.05, 0.1) is 30.7 Å². The normalized spacial score (nSPS) is 20.4. The van der Waals surface area contributed by atoms with Gasteiger partial charge in [0, 0.05) is 111 Å². The Morgan fingerprint density at radius 2 is 1.28 bits per heavy atom. The number of phenolic OH excluding ortho intramolecular Hbond substituents is 1. The lowest BCUT2D eigenvalue weighted by molar-refractivity contribution is -0.141. The third kappa shape index (κ3) is 18.8. The molecule has 1 saturated heterocycles. The van der Waals surface area contributed by atoms with Crippen molar-refractivity contribution < 1.29 is 61.8 Å². The van der Waals surface area contributed by atoms with E-state index in [1.165, 1.54) is 85.3 Å². The van der Waals surface area contributed by atoms with E-state index in [9.17, 15) is 47.4 Å². The number of primary amides is 1. The Labute approximate surface area is 535 Å². The number of carbonyl (C=O) groups is 10. The SMILES string of the molecule is C[C@@H]1NC(=O)CCCCc2ccc(cc2)CCCCNC(=O)C[C@@H](C(=O)C[C@@H](Cc2cnc[nH]2)C(=O)N[C@@H](Cc2ccc(O)cc2)C(=O)N2CCC[C@H]2C(N)=O)NC(=O)[C@H](Cc2c[nH]c3ccc(F)cc23)NC(=O)[C@H](Cc2c[nH]c3ccc(F)cc23)NC(=O)CCC1=O. The molecule has 8 amide bonds. The van der Waals surface area contributed by atoms with Gasteiger partial charge >= 0.3 is 0 Å². The van der Waals surface area contributed by atoms with Crippen molar-refractivity contribution in [2.24, 2.45) is 11.7 Å². The maximum Gasteiger partial charge on any atom is 0.246 e. The van der Waals surface area contributed by atoms with E-state index in [1.54, 1.807) is 12.1 Å². The van der Waals surface area contributed by atoms with Gasteiger partial charge in [-0.05, 0) is 135 Å². The number of hydrogen-bond acceptors (Lipinski definition) is 12. The fourth-order valence-electron chi connectivity index (χ4n) is 12.0. The van der Waals surface area contributed by atoms with E-state index in [4.69, 9.17) is 5.73 Å². The summed E-state index contributed by atoms with van der Waals surface area (Å²) >= 11 is 0. The number of ketones is 2. The molecule has 3 aliphatic heterocycles. The molecule has 0 aliphatic carbocycles. The van der Waals surface area contributed by atoms with Crippen LogP contribution in [0.25, 0.3) is 21.8 Å². The predicted molar refractivity (Wildman–Crippen MR) is 339 cm³/mol. The first kappa shape index (κ1) is 67.3. The molecule has 23 nitrogen and oxygen atoms in total. The zero-order chi connectivity index (χ0) is 66.1. The number of halogens is 2. The van der Waals surface area contributed by atoms with Gasteiger partial charge in [0.1, 0.15) is 41.6 Å². The number of aryl methyl sites for hydroxylation is 2. The van der Waals surface area contributed by atoms with Crippen LogP contribution in [0.4, 0.5) is 8.78 Å². The summed E-state index contributed by atoms with van der Waals surface area (Å²) in [6.07, 6.45) is 7.62. The van der Waals surface area contributed by atoms with Gasteiger partial charge in [-0.1, -0.05) is 36.4 Å². The van der Waals surface area contributed by atoms with Crippen molar-refractivity contribution >= 4 is 80.6 Å². The van der Waals surface area contributed by atoms with Gasteiger partial charge in [0.15, 0.2) is 11.6 Å². The highest BCUT2D eigenvalue weighted by Crippen LogP contribution is 2.26. The average molecular weight is 1280 g/mol. The Morgan fingerprint density at radius 3 is 1.90 bits per heavy atom. The third-order valence-electron chi connectivity index (χ3n) is 17.2. The Balaban J connectivity index is 1.04. The standard InChI is InChI=1S/C68H78F2N12O11/c1-39-59(84)23-24-62(87)78-55(29-44-35-74-52-21-17-46(69)32-50(44)52)66(91)80-56(30-45-36-75-53-22-18-47(70)33-51(45)53)67(92)79-54(34-63(88)73-25-5-4-8-41-13-11-40(12-14-41)7-2-3-10-61(86)77-39)60(85)31-43(28-48-37-72-38-76-48)65(90)81-57(27-42-15-19-49(83)20-16-42)68(93)82-26-6-9-58(82)64(71)89/h11-22,32-33,35-39,43,54-58,74-75,83H,2-10,23-31,34H2,1H3,(H2,71,89)(H,72,76)(H,73,88)(H,77,86)(H,78,87)(H,79,92)(H,80,91)(H,81,90)/t39-,43+,54-,55-,56-,57-,58-/m0/s1. The fraction of sp³-hybridized carbons (Fsp3) is 0.397. The minimum Gasteiger partial charge on any atom is -0.508 e. The van der Waals surface area contributed by atoms with Crippen LogP contribution in [0.15, 0.2) is 110 Å². The number of hydrogen-bond donors (Lipinski definition) is 11.